The van der Waals surface area contributed by atoms with Gasteiger partial charge in [0.15, 0.2) is 5.65 Å². The predicted molar refractivity (Wildman–Crippen MR) is 80.9 cm³/mol. The van der Waals surface area contributed by atoms with Crippen LogP contribution in [0.25, 0.3) is 22.6 Å². The molecule has 0 aliphatic rings. The van der Waals surface area contributed by atoms with Crippen LogP contribution in [0.15, 0.2) is 28.9 Å². The summed E-state index contributed by atoms with van der Waals surface area (Å²) in [6, 6.07) is 6.06. The third-order valence-electron chi connectivity index (χ3n) is 3.09. The van der Waals surface area contributed by atoms with E-state index in [-0.39, 0.29) is 0 Å². The quantitative estimate of drug-likeness (QED) is 0.674. The fourth-order valence-electron chi connectivity index (χ4n) is 2.18. The number of aromatic nitrogens is 3. The number of nitrogens with two attached hydrogens (primary N) is 1. The van der Waals surface area contributed by atoms with E-state index in [2.05, 4.69) is 36.9 Å². The summed E-state index contributed by atoms with van der Waals surface area (Å²) in [5, 5.41) is 0. The largest absolute Gasteiger partial charge is 0.398 e. The van der Waals surface area contributed by atoms with Crippen molar-refractivity contribution in [3.8, 4) is 11.4 Å². The molecular formula is C14H13BrN4. The molecule has 96 valence electrons. The highest BCUT2D eigenvalue weighted by atomic mass is 79.9. The fourth-order valence-corrected chi connectivity index (χ4v) is 2.51. The molecule has 0 saturated heterocycles. The molecule has 3 aromatic rings. The van der Waals surface area contributed by atoms with E-state index in [4.69, 9.17) is 5.73 Å². The van der Waals surface area contributed by atoms with Gasteiger partial charge in [-0.3, -0.25) is 0 Å². The molecule has 2 heterocycles. The molecule has 5 heteroatoms. The van der Waals surface area contributed by atoms with E-state index in [1.807, 2.05) is 26.0 Å². The minimum absolute atomic E-state index is 0.691. The molecule has 0 unspecified atom stereocenters. The number of H-pyrrole nitrogens is 1. The molecule has 0 amide bonds. The van der Waals surface area contributed by atoms with E-state index in [0.29, 0.717) is 5.65 Å². The summed E-state index contributed by atoms with van der Waals surface area (Å²) in [5.41, 5.74) is 11.6. The van der Waals surface area contributed by atoms with Crippen LogP contribution in [0.2, 0.25) is 0 Å². The third-order valence-corrected chi connectivity index (χ3v) is 3.52. The number of benzene rings is 1. The Hall–Kier alpha value is -1.88. The zero-order valence-electron chi connectivity index (χ0n) is 10.7. The lowest BCUT2D eigenvalue weighted by molar-refractivity contribution is 1.28. The van der Waals surface area contributed by atoms with Gasteiger partial charge < -0.3 is 10.7 Å². The Labute approximate surface area is 119 Å². The summed E-state index contributed by atoms with van der Waals surface area (Å²) in [5.74, 6) is 0.755. The van der Waals surface area contributed by atoms with E-state index >= 15 is 0 Å². The average Bonchev–Trinajstić information content (AvgIpc) is 2.76. The van der Waals surface area contributed by atoms with E-state index in [9.17, 15) is 0 Å². The lowest BCUT2D eigenvalue weighted by Gasteiger charge is -2.07. The first kappa shape index (κ1) is 12.2. The van der Waals surface area contributed by atoms with E-state index in [1.165, 1.54) is 0 Å². The maximum Gasteiger partial charge on any atom is 0.178 e. The molecule has 3 rings (SSSR count). The smallest absolute Gasteiger partial charge is 0.178 e. The van der Waals surface area contributed by atoms with Crippen LogP contribution in [-0.2, 0) is 0 Å². The topological polar surface area (TPSA) is 67.6 Å². The van der Waals surface area contributed by atoms with Gasteiger partial charge in [-0.05, 0) is 53.0 Å². The minimum Gasteiger partial charge on any atom is -0.398 e. The second-order valence-corrected chi connectivity index (χ2v) is 5.57. The van der Waals surface area contributed by atoms with E-state index in [0.717, 1.165) is 38.2 Å². The van der Waals surface area contributed by atoms with E-state index in [1.54, 1.807) is 6.20 Å². The second-order valence-electron chi connectivity index (χ2n) is 4.65. The highest BCUT2D eigenvalue weighted by molar-refractivity contribution is 9.10. The number of rotatable bonds is 1. The molecule has 2 aromatic heterocycles. The highest BCUT2D eigenvalue weighted by Gasteiger charge is 2.11. The summed E-state index contributed by atoms with van der Waals surface area (Å²) >= 11 is 3.40. The monoisotopic (exact) mass is 316 g/mol. The van der Waals surface area contributed by atoms with Crippen molar-refractivity contribution in [1.82, 2.24) is 15.0 Å². The summed E-state index contributed by atoms with van der Waals surface area (Å²) in [6.45, 7) is 4.05. The van der Waals surface area contributed by atoms with Crippen molar-refractivity contribution in [3.05, 3.63) is 40.0 Å². The molecule has 0 aliphatic heterocycles. The van der Waals surface area contributed by atoms with Crippen molar-refractivity contribution < 1.29 is 0 Å². The molecule has 0 bridgehead atoms. The number of fused-ring (bicyclic) bond motifs is 1. The molecule has 19 heavy (non-hydrogen) atoms. The van der Waals surface area contributed by atoms with Gasteiger partial charge in [0.1, 0.15) is 5.82 Å². The van der Waals surface area contributed by atoms with Crippen molar-refractivity contribution in [3.63, 3.8) is 0 Å². The number of nitrogens with one attached hydrogen (secondary N) is 1. The number of halogens is 1. The number of hydrogen-bond donors (Lipinski definition) is 2. The van der Waals surface area contributed by atoms with Gasteiger partial charge in [0.05, 0.1) is 5.52 Å². The zero-order valence-corrected chi connectivity index (χ0v) is 12.2. The van der Waals surface area contributed by atoms with Gasteiger partial charge in [0.25, 0.3) is 0 Å². The molecule has 0 atom stereocenters. The lowest BCUT2D eigenvalue weighted by Crippen LogP contribution is -1.96. The Balaban J connectivity index is 2.24. The maximum atomic E-state index is 6.15. The van der Waals surface area contributed by atoms with Gasteiger partial charge >= 0.3 is 0 Å². The number of pyridine rings is 1. The summed E-state index contributed by atoms with van der Waals surface area (Å²) in [4.78, 5) is 12.0. The number of anilines is 1. The Bertz CT molecular complexity index is 776. The molecule has 0 radical (unpaired) electrons. The maximum absolute atomic E-state index is 6.15. The molecule has 0 saturated carbocycles. The van der Waals surface area contributed by atoms with Crippen LogP contribution < -0.4 is 5.73 Å². The van der Waals surface area contributed by atoms with Gasteiger partial charge in [0, 0.05) is 21.9 Å². The normalized spacial score (nSPS) is 11.1. The van der Waals surface area contributed by atoms with Crippen LogP contribution >= 0.6 is 15.9 Å². The fraction of sp³-hybridized carbons (Fsp3) is 0.143. The molecule has 0 fully saturated rings. The summed E-state index contributed by atoms with van der Waals surface area (Å²) < 4.78 is 0.920. The van der Waals surface area contributed by atoms with E-state index < -0.39 is 0 Å². The molecule has 4 nitrogen and oxygen atoms in total. The number of imidazole rings is 1. The number of nitrogen functional groups attached to an aromatic ring is 1. The van der Waals surface area contributed by atoms with Gasteiger partial charge in [0.2, 0.25) is 0 Å². The Kier molecular flexibility index (Phi) is 2.78. The Morgan fingerprint density at radius 2 is 2.00 bits per heavy atom. The zero-order chi connectivity index (χ0) is 13.6. The van der Waals surface area contributed by atoms with Crippen molar-refractivity contribution >= 4 is 32.8 Å². The number of aryl methyl sites for hydroxylation is 2. The average molecular weight is 317 g/mol. The lowest BCUT2D eigenvalue weighted by atomic mass is 10.0. The standard InChI is InChI=1S/C14H13BrN4/c1-7-3-8(2)12(16)10(4-7)13-18-11-5-9(15)6-17-14(11)19-13/h3-6H,16H2,1-2H3,(H,17,18,19). The summed E-state index contributed by atoms with van der Waals surface area (Å²) in [7, 11) is 0. The second kappa shape index (κ2) is 4.35. The first-order valence-electron chi connectivity index (χ1n) is 5.93. The number of nitrogens with zero attached hydrogens (tertiary/aromatic N) is 2. The van der Waals surface area contributed by atoms with Gasteiger partial charge in [-0.15, -0.1) is 0 Å². The third kappa shape index (κ3) is 2.10. The van der Waals surface area contributed by atoms with Gasteiger partial charge in [-0.1, -0.05) is 6.07 Å². The van der Waals surface area contributed by atoms with Crippen molar-refractivity contribution in [1.29, 1.82) is 0 Å². The molecule has 0 spiro atoms. The van der Waals surface area contributed by atoms with Gasteiger partial charge in [-0.2, -0.15) is 0 Å². The number of hydrogen-bond acceptors (Lipinski definition) is 3. The SMILES string of the molecule is Cc1cc(C)c(N)c(-c2nc3ncc(Br)cc3[nH]2)c1. The van der Waals surface area contributed by atoms with Crippen molar-refractivity contribution in [2.75, 3.05) is 5.73 Å². The number of aromatic amines is 1. The first-order chi connectivity index (χ1) is 9.04. The minimum atomic E-state index is 0.691. The predicted octanol–water partition coefficient (Wildman–Crippen LogP) is 3.59. The van der Waals surface area contributed by atoms with Crippen LogP contribution in [-0.4, -0.2) is 15.0 Å². The van der Waals surface area contributed by atoms with Crippen LogP contribution in [0.1, 0.15) is 11.1 Å². The van der Waals surface area contributed by atoms with Crippen molar-refractivity contribution in [2.24, 2.45) is 0 Å². The Morgan fingerprint density at radius 1 is 1.21 bits per heavy atom. The van der Waals surface area contributed by atoms with Crippen LogP contribution in [0.5, 0.6) is 0 Å². The molecule has 1 aromatic carbocycles. The van der Waals surface area contributed by atoms with Crippen molar-refractivity contribution in [2.45, 2.75) is 13.8 Å². The van der Waals surface area contributed by atoms with Gasteiger partial charge in [-0.25, -0.2) is 9.97 Å². The highest BCUT2D eigenvalue weighted by Crippen LogP contribution is 2.29. The van der Waals surface area contributed by atoms with Crippen LogP contribution in [0.4, 0.5) is 5.69 Å². The Morgan fingerprint density at radius 3 is 2.79 bits per heavy atom. The molecule has 0 aliphatic carbocycles. The molecule has 3 N–H and O–H groups in total. The van der Waals surface area contributed by atoms with Crippen LogP contribution in [0, 0.1) is 13.8 Å². The molecular weight excluding hydrogens is 304 g/mol. The summed E-state index contributed by atoms with van der Waals surface area (Å²) in [6.07, 6.45) is 1.73. The first-order valence-corrected chi connectivity index (χ1v) is 6.72. The van der Waals surface area contributed by atoms with Crippen LogP contribution in [0.3, 0.4) is 0 Å².